The molecule has 0 saturated carbocycles. The lowest BCUT2D eigenvalue weighted by Gasteiger charge is -2.26. The van der Waals surface area contributed by atoms with Gasteiger partial charge in [-0.05, 0) is 37.0 Å². The van der Waals surface area contributed by atoms with Gasteiger partial charge in [-0.15, -0.1) is 0 Å². The molecule has 25 heavy (non-hydrogen) atoms. The van der Waals surface area contributed by atoms with Crippen LogP contribution in [0.5, 0.6) is 0 Å². The Kier molecular flexibility index (Phi) is 5.22. The molecule has 2 heterocycles. The van der Waals surface area contributed by atoms with E-state index in [2.05, 4.69) is 11.1 Å². The summed E-state index contributed by atoms with van der Waals surface area (Å²) in [5.74, 6) is 0.928. The number of nitrogens with zero attached hydrogens (tertiary/aromatic N) is 3. The maximum atomic E-state index is 12.6. The van der Waals surface area contributed by atoms with E-state index in [0.29, 0.717) is 6.61 Å². The van der Waals surface area contributed by atoms with Gasteiger partial charge in [-0.1, -0.05) is 36.4 Å². The first-order valence-electron chi connectivity index (χ1n) is 8.68. The van der Waals surface area contributed by atoms with Gasteiger partial charge >= 0.3 is 6.09 Å². The lowest BCUT2D eigenvalue weighted by Crippen LogP contribution is -2.31. The van der Waals surface area contributed by atoms with Crippen LogP contribution in [0.4, 0.5) is 10.6 Å². The summed E-state index contributed by atoms with van der Waals surface area (Å²) >= 11 is 0. The number of hydrogen-bond donors (Lipinski definition) is 0. The first-order chi connectivity index (χ1) is 12.1. The number of carbonyl (C=O) groups excluding carboxylic acids is 1. The number of pyridine rings is 1. The number of aryl methyl sites for hydroxylation is 1. The van der Waals surface area contributed by atoms with Crippen LogP contribution in [0.2, 0.25) is 0 Å². The third-order valence-electron chi connectivity index (χ3n) is 4.62. The van der Waals surface area contributed by atoms with E-state index < -0.39 is 0 Å². The van der Waals surface area contributed by atoms with Crippen LogP contribution in [0.15, 0.2) is 42.5 Å². The highest BCUT2D eigenvalue weighted by atomic mass is 16.6. The molecule has 0 aliphatic carbocycles. The third kappa shape index (κ3) is 3.92. The second kappa shape index (κ2) is 7.55. The highest BCUT2D eigenvalue weighted by Crippen LogP contribution is 2.34. The fourth-order valence-electron chi connectivity index (χ4n) is 3.27. The molecule has 3 rings (SSSR count). The second-order valence-electron chi connectivity index (χ2n) is 6.63. The van der Waals surface area contributed by atoms with Gasteiger partial charge < -0.3 is 14.5 Å². The molecule has 1 amide bonds. The number of anilines is 1. The average molecular weight is 339 g/mol. The number of carbonyl (C=O) groups is 1. The third-order valence-corrected chi connectivity index (χ3v) is 4.62. The van der Waals surface area contributed by atoms with Crippen molar-refractivity contribution in [1.29, 1.82) is 0 Å². The number of rotatable bonds is 4. The monoisotopic (exact) mass is 339 g/mol. The van der Waals surface area contributed by atoms with Gasteiger partial charge in [0.15, 0.2) is 0 Å². The summed E-state index contributed by atoms with van der Waals surface area (Å²) in [4.78, 5) is 21.0. The Hall–Kier alpha value is -2.56. The Labute approximate surface area is 149 Å². The summed E-state index contributed by atoms with van der Waals surface area (Å²) in [7, 11) is 3.95. The number of amides is 1. The van der Waals surface area contributed by atoms with Gasteiger partial charge in [0, 0.05) is 26.3 Å². The number of benzene rings is 1. The maximum Gasteiger partial charge on any atom is 0.410 e. The van der Waals surface area contributed by atoms with Crippen LogP contribution < -0.4 is 4.90 Å². The number of aromatic nitrogens is 1. The first kappa shape index (κ1) is 17.3. The van der Waals surface area contributed by atoms with Gasteiger partial charge in [0.1, 0.15) is 12.4 Å². The highest BCUT2D eigenvalue weighted by Gasteiger charge is 2.32. The van der Waals surface area contributed by atoms with Crippen LogP contribution in [0.25, 0.3) is 0 Å². The number of ether oxygens (including phenoxy) is 1. The van der Waals surface area contributed by atoms with Crippen LogP contribution in [0, 0.1) is 6.92 Å². The second-order valence-corrected chi connectivity index (χ2v) is 6.63. The van der Waals surface area contributed by atoms with Crippen LogP contribution in [-0.4, -0.2) is 36.6 Å². The fraction of sp³-hybridized carbons (Fsp3) is 0.400. The summed E-state index contributed by atoms with van der Waals surface area (Å²) in [5.41, 5.74) is 3.08. The van der Waals surface area contributed by atoms with Crippen molar-refractivity contribution >= 4 is 11.9 Å². The van der Waals surface area contributed by atoms with Crippen molar-refractivity contribution in [2.75, 3.05) is 25.5 Å². The molecule has 1 aromatic heterocycles. The number of likely N-dealkylation sites (tertiary alicyclic amines) is 1. The van der Waals surface area contributed by atoms with Gasteiger partial charge in [-0.25, -0.2) is 9.78 Å². The average Bonchev–Trinajstić information content (AvgIpc) is 3.10. The van der Waals surface area contributed by atoms with Crippen molar-refractivity contribution in [1.82, 2.24) is 9.88 Å². The predicted octanol–water partition coefficient (Wildman–Crippen LogP) is 3.93. The van der Waals surface area contributed by atoms with E-state index in [-0.39, 0.29) is 12.1 Å². The number of hydrogen-bond acceptors (Lipinski definition) is 4. The smallest absolute Gasteiger partial charge is 0.410 e. The van der Waals surface area contributed by atoms with Crippen LogP contribution in [-0.2, 0) is 11.3 Å². The molecular formula is C20H25N3O2. The quantitative estimate of drug-likeness (QED) is 0.847. The summed E-state index contributed by atoms with van der Waals surface area (Å²) in [6.07, 6.45) is 1.69. The normalized spacial score (nSPS) is 16.8. The van der Waals surface area contributed by atoms with Gasteiger partial charge in [0.05, 0.1) is 6.04 Å². The minimum absolute atomic E-state index is 0.0481. The summed E-state index contributed by atoms with van der Waals surface area (Å²) in [5, 5.41) is 0. The Morgan fingerprint density at radius 2 is 2.00 bits per heavy atom. The fourth-order valence-corrected chi connectivity index (χ4v) is 3.27. The van der Waals surface area contributed by atoms with Gasteiger partial charge in [-0.3, -0.25) is 0 Å². The topological polar surface area (TPSA) is 45.7 Å². The largest absolute Gasteiger partial charge is 0.445 e. The Morgan fingerprint density at radius 1 is 1.24 bits per heavy atom. The maximum absolute atomic E-state index is 12.6. The van der Waals surface area contributed by atoms with E-state index in [0.717, 1.165) is 42.0 Å². The van der Waals surface area contributed by atoms with Crippen molar-refractivity contribution < 1.29 is 9.53 Å². The molecule has 5 nitrogen and oxygen atoms in total. The molecule has 1 atom stereocenters. The molecule has 5 heteroatoms. The van der Waals surface area contributed by atoms with E-state index in [1.165, 1.54) is 0 Å². The molecule has 1 aliphatic heterocycles. The molecule has 1 fully saturated rings. The lowest BCUT2D eigenvalue weighted by molar-refractivity contribution is 0.0919. The predicted molar refractivity (Wildman–Crippen MR) is 98.6 cm³/mol. The van der Waals surface area contributed by atoms with Crippen LogP contribution >= 0.6 is 0 Å². The molecule has 0 spiro atoms. The molecule has 0 N–H and O–H groups in total. The highest BCUT2D eigenvalue weighted by molar-refractivity contribution is 5.69. The van der Waals surface area contributed by atoms with Crippen molar-refractivity contribution in [3.63, 3.8) is 0 Å². The van der Waals surface area contributed by atoms with Crippen molar-refractivity contribution in [3.8, 4) is 0 Å². The standard InChI is InChI=1S/C20H25N3O2/c1-15-17(11-12-19(21-15)22(2)3)18-10-7-13-23(18)20(24)25-14-16-8-5-4-6-9-16/h4-6,8-9,11-12,18H,7,10,13-14H2,1-3H3/t18-/m1/s1. The summed E-state index contributed by atoms with van der Waals surface area (Å²) < 4.78 is 5.52. The molecule has 132 valence electrons. The zero-order valence-corrected chi connectivity index (χ0v) is 15.1. The molecule has 1 aromatic carbocycles. The van der Waals surface area contributed by atoms with Gasteiger partial charge in [0.25, 0.3) is 0 Å². The SMILES string of the molecule is Cc1nc(N(C)C)ccc1[C@H]1CCCN1C(=O)OCc1ccccc1. The molecule has 1 aliphatic rings. The zero-order valence-electron chi connectivity index (χ0n) is 15.1. The summed E-state index contributed by atoms with van der Waals surface area (Å²) in [6, 6.07) is 13.9. The van der Waals surface area contributed by atoms with Crippen molar-refractivity contribution in [2.24, 2.45) is 0 Å². The molecule has 0 unspecified atom stereocenters. The minimum Gasteiger partial charge on any atom is -0.445 e. The Balaban J connectivity index is 1.70. The Morgan fingerprint density at radius 3 is 2.68 bits per heavy atom. The van der Waals surface area contributed by atoms with Crippen LogP contribution in [0.1, 0.15) is 35.7 Å². The van der Waals surface area contributed by atoms with Crippen LogP contribution in [0.3, 0.4) is 0 Å². The van der Waals surface area contributed by atoms with E-state index >= 15 is 0 Å². The van der Waals surface area contributed by atoms with E-state index in [1.807, 2.05) is 67.2 Å². The lowest BCUT2D eigenvalue weighted by atomic mass is 10.0. The van der Waals surface area contributed by atoms with E-state index in [4.69, 9.17) is 4.74 Å². The van der Waals surface area contributed by atoms with E-state index in [1.54, 1.807) is 0 Å². The van der Waals surface area contributed by atoms with Gasteiger partial charge in [-0.2, -0.15) is 0 Å². The first-order valence-corrected chi connectivity index (χ1v) is 8.68. The van der Waals surface area contributed by atoms with E-state index in [9.17, 15) is 4.79 Å². The van der Waals surface area contributed by atoms with Gasteiger partial charge in [0.2, 0.25) is 0 Å². The molecule has 2 aromatic rings. The molecule has 0 bridgehead atoms. The van der Waals surface area contributed by atoms with Crippen molar-refractivity contribution in [2.45, 2.75) is 32.4 Å². The minimum atomic E-state index is -0.248. The molecule has 1 saturated heterocycles. The Bertz CT molecular complexity index is 731. The molecule has 0 radical (unpaired) electrons. The van der Waals surface area contributed by atoms with Crippen molar-refractivity contribution in [3.05, 3.63) is 59.3 Å². The summed E-state index contributed by atoms with van der Waals surface area (Å²) in [6.45, 7) is 3.04. The zero-order chi connectivity index (χ0) is 17.8. The molecular weight excluding hydrogens is 314 g/mol.